The number of halogens is 2. The van der Waals surface area contributed by atoms with Gasteiger partial charge in [-0.1, -0.05) is 24.3 Å². The standard InChI is InChI=1S/C21H33N3O2.2ClH/c1-26-15-14-24-17-21(8-6-20(24)25)9-12-23(13-10-21)16-19-4-2-18(3-5-19)7-11-22;;/h2-5H,6-17,22H2,1H3;2*1H. The zero-order valence-corrected chi connectivity index (χ0v) is 18.5. The average molecular weight is 432 g/mol. The van der Waals surface area contributed by atoms with E-state index in [4.69, 9.17) is 10.5 Å². The van der Waals surface area contributed by atoms with Crippen LogP contribution < -0.4 is 5.73 Å². The lowest BCUT2D eigenvalue weighted by Gasteiger charge is -2.47. The topological polar surface area (TPSA) is 58.8 Å². The third-order valence-electron chi connectivity index (χ3n) is 6.09. The maximum absolute atomic E-state index is 12.2. The molecule has 5 nitrogen and oxygen atoms in total. The highest BCUT2D eigenvalue weighted by molar-refractivity contribution is 5.85. The molecule has 1 aromatic carbocycles. The summed E-state index contributed by atoms with van der Waals surface area (Å²) >= 11 is 0. The smallest absolute Gasteiger partial charge is 0.222 e. The summed E-state index contributed by atoms with van der Waals surface area (Å²) < 4.78 is 5.17. The zero-order valence-electron chi connectivity index (χ0n) is 16.9. The molecule has 2 aliphatic rings. The third-order valence-corrected chi connectivity index (χ3v) is 6.09. The van der Waals surface area contributed by atoms with Gasteiger partial charge in [0.25, 0.3) is 0 Å². The Kier molecular flexibility index (Phi) is 10.8. The fraction of sp³-hybridized carbons (Fsp3) is 0.667. The van der Waals surface area contributed by atoms with Crippen molar-refractivity contribution < 1.29 is 9.53 Å². The third kappa shape index (κ3) is 6.60. The largest absolute Gasteiger partial charge is 0.383 e. The summed E-state index contributed by atoms with van der Waals surface area (Å²) in [4.78, 5) is 16.7. The second kappa shape index (κ2) is 12.0. The molecule has 3 rings (SSSR count). The fourth-order valence-corrected chi connectivity index (χ4v) is 4.34. The summed E-state index contributed by atoms with van der Waals surface area (Å²) in [7, 11) is 1.70. The molecule has 7 heteroatoms. The van der Waals surface area contributed by atoms with Crippen molar-refractivity contribution in [3.8, 4) is 0 Å². The van der Waals surface area contributed by atoms with Crippen LogP contribution >= 0.6 is 24.8 Å². The van der Waals surface area contributed by atoms with Gasteiger partial charge >= 0.3 is 0 Å². The lowest BCUT2D eigenvalue weighted by atomic mass is 9.72. The van der Waals surface area contributed by atoms with Crippen molar-refractivity contribution in [2.24, 2.45) is 11.1 Å². The van der Waals surface area contributed by atoms with E-state index in [1.165, 1.54) is 24.0 Å². The molecule has 2 aliphatic heterocycles. The molecule has 1 spiro atoms. The number of methoxy groups -OCH3 is 1. The molecule has 1 aromatic rings. The van der Waals surface area contributed by atoms with E-state index in [1.54, 1.807) is 7.11 Å². The minimum atomic E-state index is 0. The molecule has 0 aliphatic carbocycles. The van der Waals surface area contributed by atoms with Gasteiger partial charge in [0, 0.05) is 33.2 Å². The highest BCUT2D eigenvalue weighted by Crippen LogP contribution is 2.40. The SMILES string of the molecule is COCCN1CC2(CCC1=O)CCN(Cc1ccc(CCN)cc1)CC2.Cl.Cl. The summed E-state index contributed by atoms with van der Waals surface area (Å²) in [5.41, 5.74) is 8.64. The molecular weight excluding hydrogens is 397 g/mol. The molecule has 0 saturated carbocycles. The van der Waals surface area contributed by atoms with Gasteiger partial charge in [0.15, 0.2) is 0 Å². The number of benzene rings is 1. The Labute approximate surface area is 181 Å². The predicted molar refractivity (Wildman–Crippen MR) is 118 cm³/mol. The van der Waals surface area contributed by atoms with Crippen LogP contribution in [-0.4, -0.2) is 62.1 Å². The Bertz CT molecular complexity index is 590. The summed E-state index contributed by atoms with van der Waals surface area (Å²) in [5, 5.41) is 0. The lowest BCUT2D eigenvalue weighted by molar-refractivity contribution is -0.139. The quantitative estimate of drug-likeness (QED) is 0.720. The van der Waals surface area contributed by atoms with E-state index >= 15 is 0 Å². The first-order valence-corrected chi connectivity index (χ1v) is 9.91. The predicted octanol–water partition coefficient (Wildman–Crippen LogP) is 2.88. The normalized spacial score (nSPS) is 19.2. The molecule has 1 amide bonds. The molecule has 2 fully saturated rings. The Balaban J connectivity index is 0.00000196. The van der Waals surface area contributed by atoms with E-state index in [2.05, 4.69) is 29.2 Å². The number of piperidine rings is 2. The first kappa shape index (κ1) is 25.2. The summed E-state index contributed by atoms with van der Waals surface area (Å²) in [6.07, 6.45) is 5.08. The molecule has 0 atom stereocenters. The van der Waals surface area contributed by atoms with E-state index in [1.807, 2.05) is 4.90 Å². The number of rotatable bonds is 7. The fourth-order valence-electron chi connectivity index (χ4n) is 4.34. The minimum absolute atomic E-state index is 0. The Hall–Kier alpha value is -0.850. The van der Waals surface area contributed by atoms with E-state index in [9.17, 15) is 4.79 Å². The van der Waals surface area contributed by atoms with Crippen molar-refractivity contribution in [1.82, 2.24) is 9.80 Å². The van der Waals surface area contributed by atoms with Crippen LogP contribution in [-0.2, 0) is 22.5 Å². The summed E-state index contributed by atoms with van der Waals surface area (Å²) in [5.74, 6) is 0.299. The number of carbonyl (C=O) groups excluding carboxylic acids is 1. The first-order chi connectivity index (χ1) is 12.6. The van der Waals surface area contributed by atoms with Crippen molar-refractivity contribution in [2.45, 2.75) is 38.6 Å². The van der Waals surface area contributed by atoms with Crippen molar-refractivity contribution in [3.63, 3.8) is 0 Å². The van der Waals surface area contributed by atoms with E-state index in [0.717, 1.165) is 45.6 Å². The lowest BCUT2D eigenvalue weighted by Crippen LogP contribution is -2.52. The van der Waals surface area contributed by atoms with Gasteiger partial charge in [-0.2, -0.15) is 0 Å². The van der Waals surface area contributed by atoms with Crippen LogP contribution in [0.1, 0.15) is 36.8 Å². The van der Waals surface area contributed by atoms with Crippen molar-refractivity contribution in [2.75, 3.05) is 46.4 Å². The van der Waals surface area contributed by atoms with E-state index in [0.29, 0.717) is 30.9 Å². The number of amides is 1. The number of ether oxygens (including phenoxy) is 1. The number of carbonyl (C=O) groups is 1. The van der Waals surface area contributed by atoms with Crippen LogP contribution in [0.3, 0.4) is 0 Å². The molecule has 0 bridgehead atoms. The van der Waals surface area contributed by atoms with Gasteiger partial charge in [-0.25, -0.2) is 0 Å². The van der Waals surface area contributed by atoms with Gasteiger partial charge in [0.05, 0.1) is 6.61 Å². The number of nitrogens with two attached hydrogens (primary N) is 1. The zero-order chi connectivity index (χ0) is 18.4. The molecule has 2 saturated heterocycles. The number of likely N-dealkylation sites (tertiary alicyclic amines) is 2. The van der Waals surface area contributed by atoms with Crippen molar-refractivity contribution in [3.05, 3.63) is 35.4 Å². The van der Waals surface area contributed by atoms with Gasteiger partial charge < -0.3 is 15.4 Å². The van der Waals surface area contributed by atoms with Crippen LogP contribution in [0.5, 0.6) is 0 Å². The Morgan fingerprint density at radius 2 is 1.71 bits per heavy atom. The van der Waals surface area contributed by atoms with Gasteiger partial charge in [-0.05, 0) is 61.9 Å². The highest BCUT2D eigenvalue weighted by atomic mass is 35.5. The molecule has 2 N–H and O–H groups in total. The second-order valence-corrected chi connectivity index (χ2v) is 7.94. The molecular formula is C21H35Cl2N3O2. The molecule has 0 radical (unpaired) electrons. The van der Waals surface area contributed by atoms with Crippen LogP contribution in [0.2, 0.25) is 0 Å². The average Bonchev–Trinajstić information content (AvgIpc) is 2.66. The van der Waals surface area contributed by atoms with Crippen LogP contribution in [0.25, 0.3) is 0 Å². The maximum Gasteiger partial charge on any atom is 0.222 e. The summed E-state index contributed by atoms with van der Waals surface area (Å²) in [6.45, 7) is 6.25. The summed E-state index contributed by atoms with van der Waals surface area (Å²) in [6, 6.07) is 8.88. The molecule has 0 aromatic heterocycles. The Morgan fingerprint density at radius 1 is 1.07 bits per heavy atom. The van der Waals surface area contributed by atoms with Gasteiger partial charge in [0.2, 0.25) is 5.91 Å². The van der Waals surface area contributed by atoms with Crippen LogP contribution in [0.4, 0.5) is 0 Å². The monoisotopic (exact) mass is 431 g/mol. The van der Waals surface area contributed by atoms with E-state index < -0.39 is 0 Å². The number of hydrogen-bond acceptors (Lipinski definition) is 4. The number of hydrogen-bond donors (Lipinski definition) is 1. The molecule has 160 valence electrons. The van der Waals surface area contributed by atoms with Crippen molar-refractivity contribution >= 4 is 30.7 Å². The van der Waals surface area contributed by atoms with Crippen LogP contribution in [0, 0.1) is 5.41 Å². The Morgan fingerprint density at radius 3 is 2.32 bits per heavy atom. The molecule has 2 heterocycles. The number of nitrogens with zero attached hydrogens (tertiary/aromatic N) is 2. The van der Waals surface area contributed by atoms with Gasteiger partial charge in [0.1, 0.15) is 0 Å². The highest BCUT2D eigenvalue weighted by Gasteiger charge is 2.40. The second-order valence-electron chi connectivity index (χ2n) is 7.94. The van der Waals surface area contributed by atoms with Crippen molar-refractivity contribution in [1.29, 1.82) is 0 Å². The maximum atomic E-state index is 12.2. The van der Waals surface area contributed by atoms with Gasteiger partial charge in [-0.15, -0.1) is 24.8 Å². The first-order valence-electron chi connectivity index (χ1n) is 9.91. The van der Waals surface area contributed by atoms with Gasteiger partial charge in [-0.3, -0.25) is 9.69 Å². The molecule has 28 heavy (non-hydrogen) atoms. The minimum Gasteiger partial charge on any atom is -0.383 e. The van der Waals surface area contributed by atoms with E-state index in [-0.39, 0.29) is 24.8 Å². The van der Waals surface area contributed by atoms with Crippen LogP contribution in [0.15, 0.2) is 24.3 Å². The molecule has 0 unspecified atom stereocenters.